The van der Waals surface area contributed by atoms with Gasteiger partial charge in [-0.1, -0.05) is 0 Å². The molecule has 42 valence electrons. The molecule has 0 unspecified atom stereocenters. The fourth-order valence-corrected chi connectivity index (χ4v) is 0.609. The lowest BCUT2D eigenvalue weighted by Gasteiger charge is -1.88. The SMILES string of the molecule is N#C/C=C(\N)C1CC1. The van der Waals surface area contributed by atoms with Crippen LogP contribution in [0.4, 0.5) is 0 Å². The Morgan fingerprint density at radius 1 is 1.75 bits per heavy atom. The van der Waals surface area contributed by atoms with Gasteiger partial charge in [-0.05, 0) is 18.8 Å². The average Bonchev–Trinajstić information content (AvgIpc) is 2.45. The molecule has 0 aromatic rings. The van der Waals surface area contributed by atoms with Gasteiger partial charge in [0.25, 0.3) is 0 Å². The van der Waals surface area contributed by atoms with Crippen LogP contribution in [0, 0.1) is 17.2 Å². The lowest BCUT2D eigenvalue weighted by Crippen LogP contribution is -1.97. The van der Waals surface area contributed by atoms with E-state index in [0.717, 1.165) is 5.70 Å². The third-order valence-electron chi connectivity index (χ3n) is 1.28. The van der Waals surface area contributed by atoms with Gasteiger partial charge in [-0.25, -0.2) is 0 Å². The van der Waals surface area contributed by atoms with Gasteiger partial charge in [-0.15, -0.1) is 0 Å². The van der Waals surface area contributed by atoms with Gasteiger partial charge in [0.1, 0.15) is 0 Å². The van der Waals surface area contributed by atoms with Crippen LogP contribution in [0.25, 0.3) is 0 Å². The Bertz CT molecular complexity index is 148. The molecule has 0 amide bonds. The average molecular weight is 108 g/mol. The van der Waals surface area contributed by atoms with E-state index in [9.17, 15) is 0 Å². The van der Waals surface area contributed by atoms with Crippen molar-refractivity contribution in [2.45, 2.75) is 12.8 Å². The summed E-state index contributed by atoms with van der Waals surface area (Å²) in [5.41, 5.74) is 6.19. The molecule has 0 spiro atoms. The minimum Gasteiger partial charge on any atom is -0.401 e. The normalized spacial score (nSPS) is 20.1. The second-order valence-corrected chi connectivity index (χ2v) is 2.05. The summed E-state index contributed by atoms with van der Waals surface area (Å²) < 4.78 is 0. The Kier molecular flexibility index (Phi) is 1.21. The van der Waals surface area contributed by atoms with Crippen LogP contribution >= 0.6 is 0 Å². The number of hydrogen-bond donors (Lipinski definition) is 1. The van der Waals surface area contributed by atoms with Crippen molar-refractivity contribution < 1.29 is 0 Å². The molecule has 1 aliphatic carbocycles. The standard InChI is InChI=1S/C6H8N2/c7-4-3-6(8)5-1-2-5/h3,5H,1-2,8H2/b6-3-. The summed E-state index contributed by atoms with van der Waals surface area (Å²) >= 11 is 0. The molecule has 2 N–H and O–H groups in total. The Morgan fingerprint density at radius 3 is 2.75 bits per heavy atom. The Morgan fingerprint density at radius 2 is 2.38 bits per heavy atom. The van der Waals surface area contributed by atoms with Gasteiger partial charge in [0, 0.05) is 11.8 Å². The molecule has 1 saturated carbocycles. The first-order valence-corrected chi connectivity index (χ1v) is 2.69. The molecular formula is C6H8N2. The van der Waals surface area contributed by atoms with Crippen molar-refractivity contribution in [2.24, 2.45) is 11.7 Å². The summed E-state index contributed by atoms with van der Waals surface area (Å²) in [4.78, 5) is 0. The molecule has 0 radical (unpaired) electrons. The van der Waals surface area contributed by atoms with Crippen molar-refractivity contribution in [3.05, 3.63) is 11.8 Å². The number of hydrogen-bond acceptors (Lipinski definition) is 2. The largest absolute Gasteiger partial charge is 0.401 e. The van der Waals surface area contributed by atoms with E-state index in [4.69, 9.17) is 11.0 Å². The highest BCUT2D eigenvalue weighted by Crippen LogP contribution is 2.33. The molecule has 0 heterocycles. The highest BCUT2D eigenvalue weighted by atomic mass is 14.6. The maximum atomic E-state index is 8.11. The minimum atomic E-state index is 0.537. The van der Waals surface area contributed by atoms with Gasteiger partial charge in [-0.2, -0.15) is 5.26 Å². The fraction of sp³-hybridized carbons (Fsp3) is 0.500. The minimum absolute atomic E-state index is 0.537. The van der Waals surface area contributed by atoms with Crippen LogP contribution in [0.5, 0.6) is 0 Å². The molecular weight excluding hydrogens is 100 g/mol. The van der Waals surface area contributed by atoms with Crippen molar-refractivity contribution in [1.29, 1.82) is 5.26 Å². The monoisotopic (exact) mass is 108 g/mol. The van der Waals surface area contributed by atoms with Crippen molar-refractivity contribution in [3.8, 4) is 6.07 Å². The molecule has 0 saturated heterocycles. The molecule has 0 aromatic carbocycles. The van der Waals surface area contributed by atoms with Crippen molar-refractivity contribution in [2.75, 3.05) is 0 Å². The highest BCUT2D eigenvalue weighted by molar-refractivity contribution is 5.16. The summed E-state index contributed by atoms with van der Waals surface area (Å²) in [5, 5.41) is 8.11. The van der Waals surface area contributed by atoms with Gasteiger partial charge in [-0.3, -0.25) is 0 Å². The second kappa shape index (κ2) is 1.87. The van der Waals surface area contributed by atoms with Crippen LogP contribution < -0.4 is 5.73 Å². The van der Waals surface area contributed by atoms with Crippen LogP contribution in [-0.2, 0) is 0 Å². The van der Waals surface area contributed by atoms with E-state index in [1.165, 1.54) is 18.9 Å². The predicted octanol–water partition coefficient (Wildman–Crippen LogP) is 0.763. The van der Waals surface area contributed by atoms with E-state index in [1.807, 2.05) is 6.07 Å². The Labute approximate surface area is 48.6 Å². The number of nitriles is 1. The van der Waals surface area contributed by atoms with Crippen molar-refractivity contribution in [1.82, 2.24) is 0 Å². The van der Waals surface area contributed by atoms with E-state index in [2.05, 4.69) is 0 Å². The zero-order valence-corrected chi connectivity index (χ0v) is 4.59. The molecule has 2 heteroatoms. The molecule has 0 aromatic heterocycles. The van der Waals surface area contributed by atoms with Crippen LogP contribution in [0.15, 0.2) is 11.8 Å². The molecule has 8 heavy (non-hydrogen) atoms. The quantitative estimate of drug-likeness (QED) is 0.504. The van der Waals surface area contributed by atoms with Gasteiger partial charge in [0.05, 0.1) is 6.07 Å². The van der Waals surface area contributed by atoms with Gasteiger partial charge < -0.3 is 5.73 Å². The topological polar surface area (TPSA) is 49.8 Å². The number of nitrogens with two attached hydrogens (primary N) is 1. The maximum absolute atomic E-state index is 8.11. The van der Waals surface area contributed by atoms with E-state index < -0.39 is 0 Å². The van der Waals surface area contributed by atoms with Crippen LogP contribution in [0.3, 0.4) is 0 Å². The third kappa shape index (κ3) is 1.00. The summed E-state index contributed by atoms with van der Waals surface area (Å²) in [6, 6.07) is 1.90. The second-order valence-electron chi connectivity index (χ2n) is 2.05. The predicted molar refractivity (Wildman–Crippen MR) is 30.6 cm³/mol. The van der Waals surface area contributed by atoms with E-state index in [0.29, 0.717) is 5.92 Å². The highest BCUT2D eigenvalue weighted by Gasteiger charge is 2.23. The van der Waals surface area contributed by atoms with E-state index in [-0.39, 0.29) is 0 Å². The molecule has 0 bridgehead atoms. The third-order valence-corrected chi connectivity index (χ3v) is 1.28. The number of allylic oxidation sites excluding steroid dienone is 2. The van der Waals surface area contributed by atoms with Crippen LogP contribution in [0.1, 0.15) is 12.8 Å². The van der Waals surface area contributed by atoms with Gasteiger partial charge in [0.15, 0.2) is 0 Å². The van der Waals surface area contributed by atoms with Crippen molar-refractivity contribution >= 4 is 0 Å². The number of rotatable bonds is 1. The summed E-state index contributed by atoms with van der Waals surface area (Å²) in [6.07, 6.45) is 3.77. The Hall–Kier alpha value is -0.970. The first-order valence-electron chi connectivity index (χ1n) is 2.69. The van der Waals surface area contributed by atoms with Gasteiger partial charge in [0.2, 0.25) is 0 Å². The number of nitrogens with zero attached hydrogens (tertiary/aromatic N) is 1. The van der Waals surface area contributed by atoms with Crippen LogP contribution in [0.2, 0.25) is 0 Å². The van der Waals surface area contributed by atoms with Crippen LogP contribution in [-0.4, -0.2) is 0 Å². The zero-order chi connectivity index (χ0) is 5.98. The molecule has 0 aliphatic heterocycles. The first kappa shape index (κ1) is 5.17. The first-order chi connectivity index (χ1) is 3.84. The molecule has 2 nitrogen and oxygen atoms in total. The lowest BCUT2D eigenvalue weighted by atomic mass is 10.3. The fourth-order valence-electron chi connectivity index (χ4n) is 0.609. The molecule has 1 fully saturated rings. The summed E-state index contributed by atoms with van der Waals surface area (Å²) in [7, 11) is 0. The zero-order valence-electron chi connectivity index (χ0n) is 4.59. The van der Waals surface area contributed by atoms with E-state index in [1.54, 1.807) is 0 Å². The Balaban J connectivity index is 2.45. The molecule has 1 aliphatic rings. The van der Waals surface area contributed by atoms with Crippen molar-refractivity contribution in [3.63, 3.8) is 0 Å². The summed E-state index contributed by atoms with van der Waals surface area (Å²) in [5.74, 6) is 0.537. The lowest BCUT2D eigenvalue weighted by molar-refractivity contribution is 0.981. The maximum Gasteiger partial charge on any atom is 0.0930 e. The van der Waals surface area contributed by atoms with E-state index >= 15 is 0 Å². The molecule has 0 atom stereocenters. The smallest absolute Gasteiger partial charge is 0.0930 e. The van der Waals surface area contributed by atoms with Gasteiger partial charge >= 0.3 is 0 Å². The molecule has 1 rings (SSSR count). The summed E-state index contributed by atoms with van der Waals surface area (Å²) in [6.45, 7) is 0.